The maximum Gasteiger partial charge on any atom is 0.226 e. The summed E-state index contributed by atoms with van der Waals surface area (Å²) in [6, 6.07) is 6.47. The fourth-order valence-electron chi connectivity index (χ4n) is 3.84. The second kappa shape index (κ2) is 7.40. The standard InChI is InChI=1S/C18H27N3O3/c1-21(11-16-14-5-4-6-15(14)19-20-16)18(22)9-12-7-8-13(23-2)10-17(12)24-3/h7-8,10,14-16,19-20H,4-6,9,11H2,1-3H3. The SMILES string of the molecule is COc1ccc(CC(=O)N(C)CC2NNC3CCCC32)c(OC)c1. The molecule has 0 bridgehead atoms. The van der Waals surface area contributed by atoms with E-state index in [0.717, 1.165) is 17.9 Å². The molecule has 1 aromatic carbocycles. The first-order valence-electron chi connectivity index (χ1n) is 8.58. The first-order valence-corrected chi connectivity index (χ1v) is 8.58. The topological polar surface area (TPSA) is 62.8 Å². The number of hydrogen-bond donors (Lipinski definition) is 2. The second-order valence-corrected chi connectivity index (χ2v) is 6.73. The summed E-state index contributed by atoms with van der Waals surface area (Å²) >= 11 is 0. The number of carbonyl (C=O) groups excluding carboxylic acids is 1. The van der Waals surface area contributed by atoms with E-state index in [-0.39, 0.29) is 5.91 Å². The highest BCUT2D eigenvalue weighted by Crippen LogP contribution is 2.32. The molecule has 1 saturated carbocycles. The van der Waals surface area contributed by atoms with E-state index in [1.165, 1.54) is 19.3 Å². The fourth-order valence-corrected chi connectivity index (χ4v) is 3.84. The third-order valence-corrected chi connectivity index (χ3v) is 5.27. The summed E-state index contributed by atoms with van der Waals surface area (Å²) in [5.41, 5.74) is 7.61. The van der Waals surface area contributed by atoms with Gasteiger partial charge in [-0.3, -0.25) is 15.6 Å². The Balaban J connectivity index is 1.60. The zero-order valence-electron chi connectivity index (χ0n) is 14.7. The number of hydrazine groups is 1. The van der Waals surface area contributed by atoms with Crippen molar-refractivity contribution in [1.82, 2.24) is 15.8 Å². The highest BCUT2D eigenvalue weighted by molar-refractivity contribution is 5.79. The van der Waals surface area contributed by atoms with Crippen molar-refractivity contribution in [3.05, 3.63) is 23.8 Å². The molecule has 1 saturated heterocycles. The van der Waals surface area contributed by atoms with Crippen LogP contribution >= 0.6 is 0 Å². The number of methoxy groups -OCH3 is 2. The minimum Gasteiger partial charge on any atom is -0.497 e. The Hall–Kier alpha value is -1.79. The van der Waals surface area contributed by atoms with E-state index in [4.69, 9.17) is 9.47 Å². The number of ether oxygens (including phenoxy) is 2. The van der Waals surface area contributed by atoms with Gasteiger partial charge in [0.2, 0.25) is 5.91 Å². The predicted molar refractivity (Wildman–Crippen MR) is 92.1 cm³/mol. The third-order valence-electron chi connectivity index (χ3n) is 5.27. The number of fused-ring (bicyclic) bond motifs is 1. The Kier molecular flexibility index (Phi) is 5.26. The third kappa shape index (κ3) is 3.49. The van der Waals surface area contributed by atoms with Gasteiger partial charge in [-0.1, -0.05) is 12.5 Å². The molecule has 1 aliphatic carbocycles. The van der Waals surface area contributed by atoms with Crippen molar-refractivity contribution in [2.45, 2.75) is 37.8 Å². The Labute approximate surface area is 143 Å². The molecule has 6 heteroatoms. The van der Waals surface area contributed by atoms with Crippen LogP contribution in [0, 0.1) is 5.92 Å². The first-order chi connectivity index (χ1) is 11.6. The summed E-state index contributed by atoms with van der Waals surface area (Å²) in [6.07, 6.45) is 4.08. The van der Waals surface area contributed by atoms with Gasteiger partial charge in [0.05, 0.1) is 20.6 Å². The van der Waals surface area contributed by atoms with Crippen LogP contribution in [0.5, 0.6) is 11.5 Å². The van der Waals surface area contributed by atoms with Gasteiger partial charge in [0.1, 0.15) is 11.5 Å². The summed E-state index contributed by atoms with van der Waals surface area (Å²) < 4.78 is 10.6. The van der Waals surface area contributed by atoms with Gasteiger partial charge in [0.15, 0.2) is 0 Å². The number of nitrogens with zero attached hydrogens (tertiary/aromatic N) is 1. The van der Waals surface area contributed by atoms with Crippen molar-refractivity contribution in [2.24, 2.45) is 5.92 Å². The molecule has 0 spiro atoms. The molecule has 3 atom stereocenters. The molecule has 0 radical (unpaired) electrons. The minimum atomic E-state index is 0.0988. The number of carbonyl (C=O) groups is 1. The molecule has 0 aromatic heterocycles. The average molecular weight is 333 g/mol. The molecule has 1 amide bonds. The van der Waals surface area contributed by atoms with Crippen LogP contribution in [-0.4, -0.2) is 50.7 Å². The van der Waals surface area contributed by atoms with Crippen LogP contribution in [0.15, 0.2) is 18.2 Å². The summed E-state index contributed by atoms with van der Waals surface area (Å²) in [5.74, 6) is 2.15. The van der Waals surface area contributed by atoms with E-state index < -0.39 is 0 Å². The van der Waals surface area contributed by atoms with Gasteiger partial charge >= 0.3 is 0 Å². The zero-order valence-corrected chi connectivity index (χ0v) is 14.7. The van der Waals surface area contributed by atoms with Crippen LogP contribution in [0.1, 0.15) is 24.8 Å². The van der Waals surface area contributed by atoms with Crippen molar-refractivity contribution in [1.29, 1.82) is 0 Å². The van der Waals surface area contributed by atoms with Gasteiger partial charge < -0.3 is 14.4 Å². The summed E-state index contributed by atoms with van der Waals surface area (Å²) in [6.45, 7) is 0.728. The van der Waals surface area contributed by atoms with Crippen molar-refractivity contribution < 1.29 is 14.3 Å². The number of likely N-dealkylation sites (N-methyl/N-ethyl adjacent to an activating group) is 1. The fraction of sp³-hybridized carbons (Fsp3) is 0.611. The number of rotatable bonds is 6. The van der Waals surface area contributed by atoms with Crippen molar-refractivity contribution in [2.75, 3.05) is 27.8 Å². The molecular formula is C18H27N3O3. The Morgan fingerprint density at radius 2 is 2.08 bits per heavy atom. The maximum absolute atomic E-state index is 12.6. The molecule has 132 valence electrons. The van der Waals surface area contributed by atoms with Gasteiger partial charge in [-0.25, -0.2) is 0 Å². The zero-order chi connectivity index (χ0) is 17.1. The van der Waals surface area contributed by atoms with Gasteiger partial charge in [-0.05, 0) is 24.8 Å². The van der Waals surface area contributed by atoms with E-state index >= 15 is 0 Å². The van der Waals surface area contributed by atoms with Gasteiger partial charge in [0, 0.05) is 37.3 Å². The summed E-state index contributed by atoms with van der Waals surface area (Å²) in [4.78, 5) is 14.4. The maximum atomic E-state index is 12.6. The van der Waals surface area contributed by atoms with Crippen LogP contribution in [-0.2, 0) is 11.2 Å². The Morgan fingerprint density at radius 3 is 2.83 bits per heavy atom. The van der Waals surface area contributed by atoms with E-state index in [9.17, 15) is 4.79 Å². The summed E-state index contributed by atoms with van der Waals surface area (Å²) in [7, 11) is 5.11. The molecular weight excluding hydrogens is 306 g/mol. The van der Waals surface area contributed by atoms with E-state index in [1.807, 2.05) is 30.1 Å². The monoisotopic (exact) mass is 333 g/mol. The molecule has 6 nitrogen and oxygen atoms in total. The molecule has 24 heavy (non-hydrogen) atoms. The molecule has 1 aromatic rings. The van der Waals surface area contributed by atoms with Gasteiger partial charge in [-0.15, -0.1) is 0 Å². The lowest BCUT2D eigenvalue weighted by molar-refractivity contribution is -0.129. The molecule has 2 aliphatic rings. The van der Waals surface area contributed by atoms with Crippen LogP contribution in [0.3, 0.4) is 0 Å². The molecule has 3 rings (SSSR count). The van der Waals surface area contributed by atoms with E-state index in [2.05, 4.69) is 10.9 Å². The average Bonchev–Trinajstić information content (AvgIpc) is 3.20. The highest BCUT2D eigenvalue weighted by atomic mass is 16.5. The lowest BCUT2D eigenvalue weighted by Crippen LogP contribution is -2.43. The molecule has 3 unspecified atom stereocenters. The van der Waals surface area contributed by atoms with Crippen molar-refractivity contribution >= 4 is 5.91 Å². The minimum absolute atomic E-state index is 0.0988. The van der Waals surface area contributed by atoms with Crippen molar-refractivity contribution in [3.63, 3.8) is 0 Å². The lowest BCUT2D eigenvalue weighted by atomic mass is 9.97. The Morgan fingerprint density at radius 1 is 1.25 bits per heavy atom. The number of hydrogen-bond acceptors (Lipinski definition) is 5. The molecule has 2 N–H and O–H groups in total. The number of benzene rings is 1. The van der Waals surface area contributed by atoms with Gasteiger partial charge in [-0.2, -0.15) is 0 Å². The van der Waals surface area contributed by atoms with E-state index in [0.29, 0.717) is 30.2 Å². The predicted octanol–water partition coefficient (Wildman–Crippen LogP) is 1.35. The summed E-state index contributed by atoms with van der Waals surface area (Å²) in [5, 5.41) is 0. The largest absolute Gasteiger partial charge is 0.497 e. The van der Waals surface area contributed by atoms with Crippen LogP contribution in [0.4, 0.5) is 0 Å². The van der Waals surface area contributed by atoms with Crippen molar-refractivity contribution in [3.8, 4) is 11.5 Å². The van der Waals surface area contributed by atoms with Crippen LogP contribution < -0.4 is 20.3 Å². The normalized spacial score (nSPS) is 25.4. The van der Waals surface area contributed by atoms with Crippen LogP contribution in [0.2, 0.25) is 0 Å². The second-order valence-electron chi connectivity index (χ2n) is 6.73. The number of nitrogens with one attached hydrogen (secondary N) is 2. The molecule has 1 heterocycles. The quantitative estimate of drug-likeness (QED) is 0.823. The van der Waals surface area contributed by atoms with E-state index in [1.54, 1.807) is 14.2 Å². The van der Waals surface area contributed by atoms with Gasteiger partial charge in [0.25, 0.3) is 0 Å². The smallest absolute Gasteiger partial charge is 0.226 e. The Bertz CT molecular complexity index is 593. The molecule has 1 aliphatic heterocycles. The van der Waals surface area contributed by atoms with Crippen LogP contribution in [0.25, 0.3) is 0 Å². The highest BCUT2D eigenvalue weighted by Gasteiger charge is 2.39. The molecule has 2 fully saturated rings. The lowest BCUT2D eigenvalue weighted by Gasteiger charge is -2.24. The first kappa shape index (κ1) is 17.0. The number of amides is 1.